The SMILES string of the molecule is O=C(Cl)CCCC1CC1. The van der Waals surface area contributed by atoms with Gasteiger partial charge < -0.3 is 0 Å². The number of halogens is 1. The van der Waals surface area contributed by atoms with Crippen molar-refractivity contribution < 1.29 is 4.79 Å². The molecule has 52 valence electrons. The van der Waals surface area contributed by atoms with Crippen molar-refractivity contribution in [2.45, 2.75) is 32.1 Å². The Morgan fingerprint density at radius 3 is 2.67 bits per heavy atom. The summed E-state index contributed by atoms with van der Waals surface area (Å²) in [6, 6.07) is 0. The van der Waals surface area contributed by atoms with E-state index in [-0.39, 0.29) is 5.24 Å². The minimum atomic E-state index is -0.185. The van der Waals surface area contributed by atoms with Crippen molar-refractivity contribution in [2.24, 2.45) is 5.92 Å². The molecule has 1 rings (SSSR count). The molecule has 1 aliphatic rings. The lowest BCUT2D eigenvalue weighted by molar-refractivity contribution is -0.111. The maximum Gasteiger partial charge on any atom is 0.221 e. The first-order chi connectivity index (χ1) is 4.29. The molecule has 9 heavy (non-hydrogen) atoms. The van der Waals surface area contributed by atoms with E-state index >= 15 is 0 Å². The summed E-state index contributed by atoms with van der Waals surface area (Å²) in [5, 5.41) is -0.185. The van der Waals surface area contributed by atoms with Gasteiger partial charge in [0.15, 0.2) is 0 Å². The van der Waals surface area contributed by atoms with E-state index in [2.05, 4.69) is 0 Å². The van der Waals surface area contributed by atoms with E-state index < -0.39 is 0 Å². The number of carbonyl (C=O) groups is 1. The van der Waals surface area contributed by atoms with Gasteiger partial charge in [0.05, 0.1) is 0 Å². The van der Waals surface area contributed by atoms with Crippen LogP contribution in [-0.4, -0.2) is 5.24 Å². The normalized spacial score (nSPS) is 17.9. The van der Waals surface area contributed by atoms with Gasteiger partial charge in [0.25, 0.3) is 0 Å². The van der Waals surface area contributed by atoms with Crippen molar-refractivity contribution in [2.75, 3.05) is 0 Å². The summed E-state index contributed by atoms with van der Waals surface area (Å²) in [6.07, 6.45) is 5.51. The zero-order valence-electron chi connectivity index (χ0n) is 5.40. The number of hydrogen-bond acceptors (Lipinski definition) is 1. The first-order valence-electron chi connectivity index (χ1n) is 3.47. The van der Waals surface area contributed by atoms with E-state index in [1.807, 2.05) is 0 Å². The third-order valence-electron chi connectivity index (χ3n) is 1.68. The molecule has 0 aromatic heterocycles. The Morgan fingerprint density at radius 2 is 2.22 bits per heavy atom. The summed E-state index contributed by atoms with van der Waals surface area (Å²) in [6.45, 7) is 0. The molecule has 1 nitrogen and oxygen atoms in total. The second-order valence-electron chi connectivity index (χ2n) is 2.69. The van der Waals surface area contributed by atoms with Crippen LogP contribution in [-0.2, 0) is 4.79 Å². The van der Waals surface area contributed by atoms with E-state index in [0.717, 1.165) is 12.3 Å². The molecule has 0 N–H and O–H groups in total. The van der Waals surface area contributed by atoms with Crippen LogP contribution in [0.25, 0.3) is 0 Å². The van der Waals surface area contributed by atoms with Gasteiger partial charge in [-0.2, -0.15) is 0 Å². The van der Waals surface area contributed by atoms with Crippen LogP contribution in [0.1, 0.15) is 32.1 Å². The predicted octanol–water partition coefficient (Wildman–Crippen LogP) is 2.33. The van der Waals surface area contributed by atoms with Gasteiger partial charge in [-0.1, -0.05) is 12.8 Å². The molecule has 1 fully saturated rings. The highest BCUT2D eigenvalue weighted by molar-refractivity contribution is 6.63. The quantitative estimate of drug-likeness (QED) is 0.557. The summed E-state index contributed by atoms with van der Waals surface area (Å²) >= 11 is 5.14. The molecular formula is C7H11ClO. The molecule has 0 saturated heterocycles. The van der Waals surface area contributed by atoms with Gasteiger partial charge in [0.1, 0.15) is 0 Å². The lowest BCUT2D eigenvalue weighted by Gasteiger charge is -1.91. The third kappa shape index (κ3) is 3.52. The van der Waals surface area contributed by atoms with Crippen molar-refractivity contribution in [3.05, 3.63) is 0 Å². The molecule has 0 heterocycles. The van der Waals surface area contributed by atoms with Gasteiger partial charge in [-0.25, -0.2) is 0 Å². The Kier molecular flexibility index (Phi) is 2.52. The maximum absolute atomic E-state index is 10.2. The highest BCUT2D eigenvalue weighted by atomic mass is 35.5. The molecule has 2 heteroatoms. The Bertz CT molecular complexity index is 107. The van der Waals surface area contributed by atoms with Crippen molar-refractivity contribution in [3.8, 4) is 0 Å². The Labute approximate surface area is 60.4 Å². The molecule has 0 atom stereocenters. The monoisotopic (exact) mass is 146 g/mol. The number of hydrogen-bond donors (Lipinski definition) is 0. The van der Waals surface area contributed by atoms with Crippen LogP contribution in [0.4, 0.5) is 0 Å². The molecular weight excluding hydrogens is 136 g/mol. The lowest BCUT2D eigenvalue weighted by Crippen LogP contribution is -1.86. The van der Waals surface area contributed by atoms with Gasteiger partial charge in [-0.3, -0.25) is 4.79 Å². The number of rotatable bonds is 4. The maximum atomic E-state index is 10.2. The smallest absolute Gasteiger partial charge is 0.221 e. The predicted molar refractivity (Wildman–Crippen MR) is 37.4 cm³/mol. The summed E-state index contributed by atoms with van der Waals surface area (Å²) in [4.78, 5) is 10.2. The van der Waals surface area contributed by atoms with Gasteiger partial charge in [-0.05, 0) is 30.4 Å². The molecule has 0 aliphatic heterocycles. The van der Waals surface area contributed by atoms with Crippen molar-refractivity contribution >= 4 is 16.8 Å². The molecule has 0 aromatic rings. The zero-order chi connectivity index (χ0) is 6.69. The van der Waals surface area contributed by atoms with Crippen LogP contribution < -0.4 is 0 Å². The van der Waals surface area contributed by atoms with Gasteiger partial charge >= 0.3 is 0 Å². The van der Waals surface area contributed by atoms with E-state index in [1.54, 1.807) is 0 Å². The Morgan fingerprint density at radius 1 is 1.56 bits per heavy atom. The fourth-order valence-corrected chi connectivity index (χ4v) is 1.07. The molecule has 1 saturated carbocycles. The molecule has 0 radical (unpaired) electrons. The van der Waals surface area contributed by atoms with E-state index in [9.17, 15) is 4.79 Å². The average molecular weight is 147 g/mol. The first-order valence-corrected chi connectivity index (χ1v) is 3.85. The van der Waals surface area contributed by atoms with Crippen LogP contribution in [0.5, 0.6) is 0 Å². The van der Waals surface area contributed by atoms with Crippen LogP contribution in [0.15, 0.2) is 0 Å². The fraction of sp³-hybridized carbons (Fsp3) is 0.857. The third-order valence-corrected chi connectivity index (χ3v) is 1.87. The van der Waals surface area contributed by atoms with E-state index in [4.69, 9.17) is 11.6 Å². The standard InChI is InChI=1S/C7H11ClO/c8-7(9)3-1-2-6-4-5-6/h6H,1-5H2. The highest BCUT2D eigenvalue weighted by Gasteiger charge is 2.20. The second-order valence-corrected chi connectivity index (χ2v) is 3.11. The molecule has 0 spiro atoms. The van der Waals surface area contributed by atoms with Gasteiger partial charge in [0.2, 0.25) is 5.24 Å². The molecule has 1 aliphatic carbocycles. The van der Waals surface area contributed by atoms with Gasteiger partial charge in [-0.15, -0.1) is 0 Å². The Balaban J connectivity index is 1.86. The second kappa shape index (κ2) is 3.21. The summed E-state index contributed by atoms with van der Waals surface area (Å²) < 4.78 is 0. The molecule has 0 unspecified atom stereocenters. The van der Waals surface area contributed by atoms with Crippen LogP contribution in [0.3, 0.4) is 0 Å². The van der Waals surface area contributed by atoms with E-state index in [1.165, 1.54) is 19.3 Å². The highest BCUT2D eigenvalue weighted by Crippen LogP contribution is 2.33. The summed E-state index contributed by atoms with van der Waals surface area (Å²) in [5.74, 6) is 0.931. The minimum Gasteiger partial charge on any atom is -0.281 e. The largest absolute Gasteiger partial charge is 0.281 e. The van der Waals surface area contributed by atoms with Crippen molar-refractivity contribution in [1.82, 2.24) is 0 Å². The zero-order valence-corrected chi connectivity index (χ0v) is 6.16. The molecule has 0 bridgehead atoms. The number of carbonyl (C=O) groups excluding carboxylic acids is 1. The minimum absolute atomic E-state index is 0.185. The fourth-order valence-electron chi connectivity index (χ4n) is 0.936. The van der Waals surface area contributed by atoms with Crippen molar-refractivity contribution in [1.29, 1.82) is 0 Å². The topological polar surface area (TPSA) is 17.1 Å². The molecule has 0 amide bonds. The summed E-state index contributed by atoms with van der Waals surface area (Å²) in [7, 11) is 0. The lowest BCUT2D eigenvalue weighted by atomic mass is 10.2. The van der Waals surface area contributed by atoms with Crippen LogP contribution >= 0.6 is 11.6 Å². The van der Waals surface area contributed by atoms with E-state index in [0.29, 0.717) is 6.42 Å². The van der Waals surface area contributed by atoms with Crippen molar-refractivity contribution in [3.63, 3.8) is 0 Å². The first kappa shape index (κ1) is 7.07. The Hall–Kier alpha value is -0.0400. The summed E-state index contributed by atoms with van der Waals surface area (Å²) in [5.41, 5.74) is 0. The van der Waals surface area contributed by atoms with Crippen LogP contribution in [0, 0.1) is 5.92 Å². The average Bonchev–Trinajstić information content (AvgIpc) is 2.48. The van der Waals surface area contributed by atoms with Gasteiger partial charge in [0, 0.05) is 6.42 Å². The van der Waals surface area contributed by atoms with Crippen LogP contribution in [0.2, 0.25) is 0 Å². The molecule has 0 aromatic carbocycles.